The van der Waals surface area contributed by atoms with Crippen molar-refractivity contribution < 1.29 is 4.79 Å². The Balaban J connectivity index is 2.45. The summed E-state index contributed by atoms with van der Waals surface area (Å²) in [7, 11) is 1.66. The Bertz CT molecular complexity index is 411. The van der Waals surface area contributed by atoms with Crippen LogP contribution in [-0.2, 0) is 11.3 Å². The minimum absolute atomic E-state index is 0.0464. The van der Waals surface area contributed by atoms with Crippen molar-refractivity contribution >= 4 is 5.91 Å². The van der Waals surface area contributed by atoms with Crippen LogP contribution >= 0.6 is 0 Å². The molecule has 0 saturated carbocycles. The molecule has 0 fully saturated rings. The predicted molar refractivity (Wildman–Crippen MR) is 76.8 cm³/mol. The molecule has 0 aromatic carbocycles. The van der Waals surface area contributed by atoms with Gasteiger partial charge in [-0.15, -0.1) is 0 Å². The van der Waals surface area contributed by atoms with Crippen LogP contribution in [0.25, 0.3) is 0 Å². The van der Waals surface area contributed by atoms with Crippen molar-refractivity contribution in [1.29, 1.82) is 0 Å². The van der Waals surface area contributed by atoms with Gasteiger partial charge in [0.05, 0.1) is 11.1 Å². The Morgan fingerprint density at radius 1 is 1.53 bits per heavy atom. The van der Waals surface area contributed by atoms with Crippen LogP contribution in [0.4, 0.5) is 0 Å². The first-order valence-corrected chi connectivity index (χ1v) is 6.87. The van der Waals surface area contributed by atoms with E-state index in [2.05, 4.69) is 29.6 Å². The maximum Gasteiger partial charge on any atom is 0.226 e. The number of nitrogens with one attached hydrogen (secondary N) is 2. The normalized spacial score (nSPS) is 13.3. The molecule has 0 bridgehead atoms. The van der Waals surface area contributed by atoms with E-state index in [1.807, 2.05) is 30.8 Å². The second kappa shape index (κ2) is 6.70. The Morgan fingerprint density at radius 3 is 2.79 bits per heavy atom. The first-order chi connectivity index (χ1) is 8.90. The third kappa shape index (κ3) is 4.35. The van der Waals surface area contributed by atoms with Crippen molar-refractivity contribution in [2.24, 2.45) is 5.41 Å². The van der Waals surface area contributed by atoms with Gasteiger partial charge >= 0.3 is 0 Å². The van der Waals surface area contributed by atoms with Gasteiger partial charge in [0.2, 0.25) is 5.91 Å². The van der Waals surface area contributed by atoms with E-state index in [4.69, 9.17) is 0 Å². The number of hydrogen-bond donors (Lipinski definition) is 2. The second-order valence-corrected chi connectivity index (χ2v) is 5.61. The molecule has 19 heavy (non-hydrogen) atoms. The van der Waals surface area contributed by atoms with Crippen LogP contribution in [0.5, 0.6) is 0 Å². The first kappa shape index (κ1) is 15.7. The maximum atomic E-state index is 11.6. The van der Waals surface area contributed by atoms with Crippen molar-refractivity contribution in [2.75, 3.05) is 13.6 Å². The molecule has 1 atom stereocenters. The van der Waals surface area contributed by atoms with Crippen molar-refractivity contribution in [3.63, 3.8) is 0 Å². The zero-order valence-electron chi connectivity index (χ0n) is 12.7. The Kier molecular flexibility index (Phi) is 5.54. The molecule has 1 unspecified atom stereocenters. The van der Waals surface area contributed by atoms with Crippen LogP contribution in [0, 0.1) is 5.41 Å². The molecule has 5 nitrogen and oxygen atoms in total. The van der Waals surface area contributed by atoms with E-state index in [0.29, 0.717) is 19.1 Å². The molecule has 0 spiro atoms. The van der Waals surface area contributed by atoms with E-state index >= 15 is 0 Å². The number of carbonyl (C=O) groups excluding carboxylic acids is 1. The molecule has 108 valence electrons. The van der Waals surface area contributed by atoms with E-state index in [-0.39, 0.29) is 5.91 Å². The SMILES string of the molecule is CCC(C)n1ccc(CNCC(C)(C)C(=O)NC)n1. The van der Waals surface area contributed by atoms with Crippen LogP contribution in [0.1, 0.15) is 45.9 Å². The molecule has 1 heterocycles. The average Bonchev–Trinajstić information content (AvgIpc) is 2.85. The fraction of sp³-hybridized carbons (Fsp3) is 0.714. The summed E-state index contributed by atoms with van der Waals surface area (Å²) in [6.07, 6.45) is 3.08. The molecule has 0 aliphatic carbocycles. The lowest BCUT2D eigenvalue weighted by atomic mass is 9.92. The van der Waals surface area contributed by atoms with E-state index in [1.165, 1.54) is 0 Å². The minimum atomic E-state index is -0.409. The Morgan fingerprint density at radius 2 is 2.21 bits per heavy atom. The van der Waals surface area contributed by atoms with Crippen LogP contribution in [0.2, 0.25) is 0 Å². The van der Waals surface area contributed by atoms with Crippen molar-refractivity contribution in [1.82, 2.24) is 20.4 Å². The van der Waals surface area contributed by atoms with Gasteiger partial charge in [-0.2, -0.15) is 5.10 Å². The summed E-state index contributed by atoms with van der Waals surface area (Å²) in [6.45, 7) is 9.47. The van der Waals surface area contributed by atoms with E-state index in [9.17, 15) is 4.79 Å². The first-order valence-electron chi connectivity index (χ1n) is 6.87. The number of hydrogen-bond acceptors (Lipinski definition) is 3. The van der Waals surface area contributed by atoms with Crippen LogP contribution < -0.4 is 10.6 Å². The lowest BCUT2D eigenvalue weighted by Crippen LogP contribution is -2.41. The Labute approximate surface area is 115 Å². The number of carbonyl (C=O) groups is 1. The van der Waals surface area contributed by atoms with Gasteiger partial charge < -0.3 is 10.6 Å². The third-order valence-corrected chi connectivity index (χ3v) is 3.42. The van der Waals surface area contributed by atoms with Crippen molar-refractivity contribution in [3.05, 3.63) is 18.0 Å². The summed E-state index contributed by atoms with van der Waals surface area (Å²) in [6, 6.07) is 2.45. The van der Waals surface area contributed by atoms with Crippen LogP contribution in [0.3, 0.4) is 0 Å². The molecule has 1 aromatic rings. The Hall–Kier alpha value is -1.36. The van der Waals surface area contributed by atoms with Crippen LogP contribution in [0.15, 0.2) is 12.3 Å². The molecule has 0 radical (unpaired) electrons. The molecule has 1 aromatic heterocycles. The standard InChI is InChI=1S/C14H26N4O/c1-6-11(2)18-8-7-12(17-18)9-16-10-14(3,4)13(19)15-5/h7-8,11,16H,6,9-10H2,1-5H3,(H,15,19). The zero-order chi connectivity index (χ0) is 14.5. The highest BCUT2D eigenvalue weighted by atomic mass is 16.2. The summed E-state index contributed by atoms with van der Waals surface area (Å²) in [4.78, 5) is 11.6. The quantitative estimate of drug-likeness (QED) is 0.790. The average molecular weight is 266 g/mol. The summed E-state index contributed by atoms with van der Waals surface area (Å²) in [5, 5.41) is 10.5. The highest BCUT2D eigenvalue weighted by molar-refractivity contribution is 5.81. The lowest BCUT2D eigenvalue weighted by Gasteiger charge is -2.22. The largest absolute Gasteiger partial charge is 0.359 e. The number of nitrogens with zero attached hydrogens (tertiary/aromatic N) is 2. The van der Waals surface area contributed by atoms with Crippen LogP contribution in [-0.4, -0.2) is 29.3 Å². The highest BCUT2D eigenvalue weighted by Gasteiger charge is 2.25. The van der Waals surface area contributed by atoms with Gasteiger partial charge in [0.25, 0.3) is 0 Å². The predicted octanol–water partition coefficient (Wildman–Crippen LogP) is 1.72. The number of amides is 1. The van der Waals surface area contributed by atoms with Gasteiger partial charge in [-0.25, -0.2) is 0 Å². The van der Waals surface area contributed by atoms with Gasteiger partial charge in [-0.3, -0.25) is 9.48 Å². The highest BCUT2D eigenvalue weighted by Crippen LogP contribution is 2.14. The van der Waals surface area contributed by atoms with Gasteiger partial charge in [0.15, 0.2) is 0 Å². The van der Waals surface area contributed by atoms with E-state index in [0.717, 1.165) is 12.1 Å². The number of aromatic nitrogens is 2. The molecule has 0 saturated heterocycles. The minimum Gasteiger partial charge on any atom is -0.359 e. The maximum absolute atomic E-state index is 11.6. The fourth-order valence-electron chi connectivity index (χ4n) is 1.83. The molecular formula is C14H26N4O. The third-order valence-electron chi connectivity index (χ3n) is 3.42. The van der Waals surface area contributed by atoms with Gasteiger partial charge in [0, 0.05) is 32.4 Å². The molecule has 2 N–H and O–H groups in total. The molecular weight excluding hydrogens is 240 g/mol. The van der Waals surface area contributed by atoms with Gasteiger partial charge in [-0.05, 0) is 33.3 Å². The molecule has 5 heteroatoms. The lowest BCUT2D eigenvalue weighted by molar-refractivity contribution is -0.128. The number of rotatable bonds is 7. The van der Waals surface area contributed by atoms with E-state index < -0.39 is 5.41 Å². The summed E-state index contributed by atoms with van der Waals surface area (Å²) in [5.74, 6) is 0.0464. The molecule has 0 aliphatic rings. The smallest absolute Gasteiger partial charge is 0.226 e. The monoisotopic (exact) mass is 266 g/mol. The van der Waals surface area contributed by atoms with Crippen molar-refractivity contribution in [3.8, 4) is 0 Å². The van der Waals surface area contributed by atoms with E-state index in [1.54, 1.807) is 7.05 Å². The summed E-state index contributed by atoms with van der Waals surface area (Å²) >= 11 is 0. The zero-order valence-corrected chi connectivity index (χ0v) is 12.7. The molecule has 1 rings (SSSR count). The topological polar surface area (TPSA) is 59.0 Å². The summed E-state index contributed by atoms with van der Waals surface area (Å²) in [5.41, 5.74) is 0.599. The molecule has 1 amide bonds. The van der Waals surface area contributed by atoms with Crippen molar-refractivity contribution in [2.45, 2.75) is 46.7 Å². The van der Waals surface area contributed by atoms with Gasteiger partial charge in [0.1, 0.15) is 0 Å². The second-order valence-electron chi connectivity index (χ2n) is 5.61. The fourth-order valence-corrected chi connectivity index (χ4v) is 1.83. The molecule has 0 aliphatic heterocycles. The summed E-state index contributed by atoms with van der Waals surface area (Å²) < 4.78 is 1.99. The van der Waals surface area contributed by atoms with Gasteiger partial charge in [-0.1, -0.05) is 6.92 Å².